The van der Waals surface area contributed by atoms with E-state index in [2.05, 4.69) is 22.6 Å². The van der Waals surface area contributed by atoms with Crippen molar-refractivity contribution in [3.05, 3.63) is 28.4 Å². The average Bonchev–Trinajstić information content (AvgIpc) is 2.87. The van der Waals surface area contributed by atoms with Gasteiger partial charge in [0, 0.05) is 17.8 Å². The second-order valence-electron chi connectivity index (χ2n) is 3.64. The third-order valence-corrected chi connectivity index (χ3v) is 3.45. The van der Waals surface area contributed by atoms with E-state index in [1.165, 1.54) is 0 Å². The number of furan rings is 1. The molecule has 0 aliphatic rings. The van der Waals surface area contributed by atoms with Gasteiger partial charge in [-0.15, -0.1) is 11.3 Å². The summed E-state index contributed by atoms with van der Waals surface area (Å²) in [6, 6.07) is 4.00. The van der Waals surface area contributed by atoms with Crippen molar-refractivity contribution in [2.24, 2.45) is 0 Å². The van der Waals surface area contributed by atoms with Crippen molar-refractivity contribution < 1.29 is 4.42 Å². The third-order valence-electron chi connectivity index (χ3n) is 2.34. The summed E-state index contributed by atoms with van der Waals surface area (Å²) in [6.45, 7) is 2.13. The van der Waals surface area contributed by atoms with Gasteiger partial charge in [0.25, 0.3) is 0 Å². The summed E-state index contributed by atoms with van der Waals surface area (Å²) < 4.78 is 5.31. The van der Waals surface area contributed by atoms with E-state index in [9.17, 15) is 0 Å². The molecule has 0 radical (unpaired) electrons. The molecule has 0 saturated heterocycles. The Morgan fingerprint density at radius 3 is 3.00 bits per heavy atom. The lowest BCUT2D eigenvalue weighted by atomic mass is 10.2. The summed E-state index contributed by atoms with van der Waals surface area (Å²) in [6.07, 6.45) is 0.918. The second-order valence-corrected chi connectivity index (χ2v) is 4.87. The van der Waals surface area contributed by atoms with Crippen LogP contribution in [0.4, 0.5) is 0 Å². The molecule has 2 aromatic heterocycles. The van der Waals surface area contributed by atoms with Crippen molar-refractivity contribution in [1.29, 1.82) is 0 Å². The molecule has 1 N–H and O–H groups in total. The Balaban J connectivity index is 2.13. The molecular formula is C11H13ClN2OS. The van der Waals surface area contributed by atoms with E-state index >= 15 is 0 Å². The van der Waals surface area contributed by atoms with Gasteiger partial charge >= 0.3 is 0 Å². The van der Waals surface area contributed by atoms with E-state index in [1.54, 1.807) is 17.4 Å². The van der Waals surface area contributed by atoms with Crippen LogP contribution in [0.3, 0.4) is 0 Å². The van der Waals surface area contributed by atoms with Crippen molar-refractivity contribution in [2.75, 3.05) is 7.05 Å². The molecule has 2 rings (SSSR count). The molecule has 0 aliphatic carbocycles. The lowest BCUT2D eigenvalue weighted by Crippen LogP contribution is -2.23. The standard InChI is InChI=1S/C11H13ClN2OS/c1-7(13-2)5-8-6-16-11(14-8)9-3-4-10(12)15-9/h3-4,6-7,13H,5H2,1-2H3. The number of halogens is 1. The molecule has 5 heteroatoms. The maximum Gasteiger partial charge on any atom is 0.194 e. The summed E-state index contributed by atoms with van der Waals surface area (Å²) >= 11 is 7.30. The Morgan fingerprint density at radius 2 is 2.38 bits per heavy atom. The van der Waals surface area contributed by atoms with Crippen molar-refractivity contribution in [3.63, 3.8) is 0 Å². The topological polar surface area (TPSA) is 38.1 Å². The number of rotatable bonds is 4. The van der Waals surface area contributed by atoms with Gasteiger partial charge in [-0.25, -0.2) is 4.98 Å². The summed E-state index contributed by atoms with van der Waals surface area (Å²) in [4.78, 5) is 4.51. The highest BCUT2D eigenvalue weighted by Gasteiger charge is 2.10. The van der Waals surface area contributed by atoms with Crippen LogP contribution in [0.5, 0.6) is 0 Å². The van der Waals surface area contributed by atoms with Crippen LogP contribution >= 0.6 is 22.9 Å². The SMILES string of the molecule is CNC(C)Cc1csc(-c2ccc(Cl)o2)n1. The largest absolute Gasteiger partial charge is 0.442 e. The van der Waals surface area contributed by atoms with Gasteiger partial charge in [0.15, 0.2) is 16.0 Å². The average molecular weight is 257 g/mol. The predicted octanol–water partition coefficient (Wildman–Crippen LogP) is 3.21. The van der Waals surface area contributed by atoms with E-state index in [-0.39, 0.29) is 0 Å². The minimum Gasteiger partial charge on any atom is -0.442 e. The van der Waals surface area contributed by atoms with Gasteiger partial charge in [-0.05, 0) is 37.7 Å². The lowest BCUT2D eigenvalue weighted by Gasteiger charge is -2.06. The zero-order valence-electron chi connectivity index (χ0n) is 9.16. The number of hydrogen-bond acceptors (Lipinski definition) is 4. The maximum atomic E-state index is 5.72. The van der Waals surface area contributed by atoms with Gasteiger partial charge < -0.3 is 9.73 Å². The van der Waals surface area contributed by atoms with Crippen LogP contribution in [0.25, 0.3) is 10.8 Å². The molecule has 86 valence electrons. The quantitative estimate of drug-likeness (QED) is 0.913. The van der Waals surface area contributed by atoms with E-state index in [1.807, 2.05) is 13.1 Å². The second kappa shape index (κ2) is 4.99. The van der Waals surface area contributed by atoms with Gasteiger partial charge in [-0.3, -0.25) is 0 Å². The third kappa shape index (κ3) is 2.64. The summed E-state index contributed by atoms with van der Waals surface area (Å²) in [7, 11) is 1.95. The van der Waals surface area contributed by atoms with Gasteiger partial charge in [0.05, 0.1) is 5.69 Å². The van der Waals surface area contributed by atoms with E-state index in [4.69, 9.17) is 16.0 Å². The number of thiazole rings is 1. The van der Waals surface area contributed by atoms with Crippen LogP contribution in [0.1, 0.15) is 12.6 Å². The van der Waals surface area contributed by atoms with E-state index in [0.29, 0.717) is 11.3 Å². The molecule has 0 bridgehead atoms. The smallest absolute Gasteiger partial charge is 0.194 e. The Morgan fingerprint density at radius 1 is 1.56 bits per heavy atom. The maximum absolute atomic E-state index is 5.72. The van der Waals surface area contributed by atoms with Gasteiger partial charge in [-0.2, -0.15) is 0 Å². The van der Waals surface area contributed by atoms with Gasteiger partial charge in [-0.1, -0.05) is 0 Å². The summed E-state index contributed by atoms with van der Waals surface area (Å²) in [5, 5.41) is 6.52. The van der Waals surface area contributed by atoms with Crippen molar-refractivity contribution >= 4 is 22.9 Å². The van der Waals surface area contributed by atoms with Crippen LogP contribution < -0.4 is 5.32 Å². The molecule has 3 nitrogen and oxygen atoms in total. The molecule has 0 aliphatic heterocycles. The molecule has 1 unspecified atom stereocenters. The van der Waals surface area contributed by atoms with Crippen LogP contribution in [-0.4, -0.2) is 18.1 Å². The van der Waals surface area contributed by atoms with Crippen LogP contribution in [-0.2, 0) is 6.42 Å². The highest BCUT2D eigenvalue weighted by atomic mass is 35.5. The minimum absolute atomic E-state index is 0.398. The van der Waals surface area contributed by atoms with Crippen molar-refractivity contribution in [3.8, 4) is 10.8 Å². The Kier molecular flexibility index (Phi) is 3.63. The summed E-state index contributed by atoms with van der Waals surface area (Å²) in [5.74, 6) is 0.735. The molecule has 2 heterocycles. The predicted molar refractivity (Wildman–Crippen MR) is 67.1 cm³/mol. The number of nitrogens with zero attached hydrogens (tertiary/aromatic N) is 1. The molecule has 2 aromatic rings. The van der Waals surface area contributed by atoms with E-state index in [0.717, 1.165) is 22.9 Å². The first-order valence-corrected chi connectivity index (χ1v) is 6.32. The normalized spacial score (nSPS) is 12.9. The van der Waals surface area contributed by atoms with Crippen LogP contribution in [0.2, 0.25) is 5.22 Å². The number of hydrogen-bond donors (Lipinski definition) is 1. The minimum atomic E-state index is 0.398. The fraction of sp³-hybridized carbons (Fsp3) is 0.364. The van der Waals surface area contributed by atoms with E-state index < -0.39 is 0 Å². The first-order chi connectivity index (χ1) is 7.69. The zero-order valence-corrected chi connectivity index (χ0v) is 10.7. The monoisotopic (exact) mass is 256 g/mol. The number of aromatic nitrogens is 1. The highest BCUT2D eigenvalue weighted by Crippen LogP contribution is 2.27. The van der Waals surface area contributed by atoms with Crippen LogP contribution in [0.15, 0.2) is 21.9 Å². The highest BCUT2D eigenvalue weighted by molar-refractivity contribution is 7.13. The molecule has 0 saturated carbocycles. The first kappa shape index (κ1) is 11.6. The lowest BCUT2D eigenvalue weighted by molar-refractivity contribution is 0.581. The fourth-order valence-electron chi connectivity index (χ4n) is 1.36. The van der Waals surface area contributed by atoms with Crippen LogP contribution in [0, 0.1) is 0 Å². The molecule has 16 heavy (non-hydrogen) atoms. The molecule has 1 atom stereocenters. The number of nitrogens with one attached hydrogen (secondary N) is 1. The zero-order chi connectivity index (χ0) is 11.5. The van der Waals surface area contributed by atoms with Gasteiger partial charge in [0.1, 0.15) is 0 Å². The molecular weight excluding hydrogens is 244 g/mol. The Labute approximate surface area is 103 Å². The summed E-state index contributed by atoms with van der Waals surface area (Å²) in [5.41, 5.74) is 1.08. The molecule has 0 spiro atoms. The van der Waals surface area contributed by atoms with Crippen molar-refractivity contribution in [1.82, 2.24) is 10.3 Å². The first-order valence-electron chi connectivity index (χ1n) is 5.06. The Bertz CT molecular complexity index is 466. The molecule has 0 fully saturated rings. The number of likely N-dealkylation sites (N-methyl/N-ethyl adjacent to an activating group) is 1. The Hall–Kier alpha value is -0.840. The molecule has 0 amide bonds. The fourth-order valence-corrected chi connectivity index (χ4v) is 2.30. The molecule has 0 aromatic carbocycles. The van der Waals surface area contributed by atoms with Crippen molar-refractivity contribution in [2.45, 2.75) is 19.4 Å². The van der Waals surface area contributed by atoms with Gasteiger partial charge in [0.2, 0.25) is 0 Å².